The molecule has 0 aromatic carbocycles. The van der Waals surface area contributed by atoms with Crippen molar-refractivity contribution < 1.29 is 14.3 Å². The van der Waals surface area contributed by atoms with Crippen LogP contribution in [0.5, 0.6) is 0 Å². The molecular formula is C23H34N4O4. The number of methoxy groups -OCH3 is 1. The molecule has 1 aromatic heterocycles. The van der Waals surface area contributed by atoms with Crippen molar-refractivity contribution in [2.75, 3.05) is 26.8 Å². The van der Waals surface area contributed by atoms with E-state index in [0.29, 0.717) is 50.5 Å². The first kappa shape index (κ1) is 22.0. The number of hydrogen-bond donors (Lipinski definition) is 1. The van der Waals surface area contributed by atoms with Gasteiger partial charge in [0.1, 0.15) is 5.82 Å². The lowest BCUT2D eigenvalue weighted by Gasteiger charge is -2.36. The van der Waals surface area contributed by atoms with Crippen LogP contribution >= 0.6 is 0 Å². The van der Waals surface area contributed by atoms with Gasteiger partial charge in [0.15, 0.2) is 0 Å². The van der Waals surface area contributed by atoms with E-state index in [1.165, 1.54) is 6.42 Å². The van der Waals surface area contributed by atoms with E-state index in [-0.39, 0.29) is 29.3 Å². The molecule has 8 nitrogen and oxygen atoms in total. The Bertz CT molecular complexity index is 862. The highest BCUT2D eigenvalue weighted by molar-refractivity contribution is 5.79. The molecule has 1 aliphatic carbocycles. The number of H-pyrrole nitrogens is 1. The number of ether oxygens (including phenoxy) is 1. The van der Waals surface area contributed by atoms with Crippen LogP contribution in [0.3, 0.4) is 0 Å². The zero-order valence-electron chi connectivity index (χ0n) is 18.5. The Hall–Kier alpha value is -2.22. The number of fused-ring (bicyclic) bond motifs is 1. The lowest BCUT2D eigenvalue weighted by atomic mass is 9.88. The number of aromatic nitrogens is 2. The number of hydrogen-bond acceptors (Lipinski definition) is 5. The largest absolute Gasteiger partial charge is 0.384 e. The van der Waals surface area contributed by atoms with E-state index in [1.807, 2.05) is 9.80 Å². The molecule has 31 heavy (non-hydrogen) atoms. The predicted octanol–water partition coefficient (Wildman–Crippen LogP) is 2.32. The summed E-state index contributed by atoms with van der Waals surface area (Å²) in [7, 11) is 1.59. The molecule has 170 valence electrons. The molecule has 3 heterocycles. The summed E-state index contributed by atoms with van der Waals surface area (Å²) in [5.41, 5.74) is 1.21. The van der Waals surface area contributed by atoms with E-state index in [0.717, 1.165) is 50.6 Å². The average Bonchev–Trinajstić information content (AvgIpc) is 2.82. The van der Waals surface area contributed by atoms with Gasteiger partial charge in [0.05, 0.1) is 36.9 Å². The van der Waals surface area contributed by atoms with Crippen LogP contribution in [0.15, 0.2) is 4.79 Å². The standard InChI is InChI=1S/C23H34N4O4/c1-31-14-11-20(28)27-12-6-5-9-19(27)21-24-18-10-13-26(15-17(18)22(29)25-21)23(30)16-7-3-2-4-8-16/h16,19H,2-15H2,1H3,(H,24,25,29)/t19-/m0/s1. The molecule has 0 unspecified atom stereocenters. The Morgan fingerprint density at radius 3 is 2.65 bits per heavy atom. The maximum Gasteiger partial charge on any atom is 0.256 e. The van der Waals surface area contributed by atoms with E-state index < -0.39 is 0 Å². The second kappa shape index (κ2) is 9.94. The van der Waals surface area contributed by atoms with Gasteiger partial charge in [0.2, 0.25) is 11.8 Å². The van der Waals surface area contributed by atoms with Gasteiger partial charge in [0, 0.05) is 32.5 Å². The summed E-state index contributed by atoms with van der Waals surface area (Å²) >= 11 is 0. The van der Waals surface area contributed by atoms with Crippen molar-refractivity contribution in [3.8, 4) is 0 Å². The number of amides is 2. The molecule has 1 saturated carbocycles. The minimum Gasteiger partial charge on any atom is -0.384 e. The molecule has 2 fully saturated rings. The van der Waals surface area contributed by atoms with Crippen LogP contribution in [0, 0.1) is 5.92 Å². The van der Waals surface area contributed by atoms with Crippen molar-refractivity contribution in [1.29, 1.82) is 0 Å². The van der Waals surface area contributed by atoms with Gasteiger partial charge in [-0.1, -0.05) is 19.3 Å². The zero-order valence-corrected chi connectivity index (χ0v) is 18.5. The number of piperidine rings is 1. The molecule has 1 saturated heterocycles. The minimum atomic E-state index is -0.196. The van der Waals surface area contributed by atoms with Crippen LogP contribution in [0.25, 0.3) is 0 Å². The van der Waals surface area contributed by atoms with Gasteiger partial charge in [-0.25, -0.2) is 4.98 Å². The Kier molecular flexibility index (Phi) is 7.05. The predicted molar refractivity (Wildman–Crippen MR) is 115 cm³/mol. The number of rotatable bonds is 5. The number of carbonyl (C=O) groups excluding carboxylic acids is 2. The van der Waals surface area contributed by atoms with Crippen molar-refractivity contribution in [3.63, 3.8) is 0 Å². The van der Waals surface area contributed by atoms with Crippen LogP contribution in [-0.2, 0) is 27.3 Å². The van der Waals surface area contributed by atoms with Crippen molar-refractivity contribution in [1.82, 2.24) is 19.8 Å². The molecule has 1 atom stereocenters. The quantitative estimate of drug-likeness (QED) is 0.774. The fraction of sp³-hybridized carbons (Fsp3) is 0.739. The summed E-state index contributed by atoms with van der Waals surface area (Å²) in [6, 6.07) is -0.196. The lowest BCUT2D eigenvalue weighted by Crippen LogP contribution is -2.44. The second-order valence-corrected chi connectivity index (χ2v) is 9.06. The molecule has 0 bridgehead atoms. The Labute approximate surface area is 183 Å². The summed E-state index contributed by atoms with van der Waals surface area (Å²) in [4.78, 5) is 50.0. The number of nitrogens with zero attached hydrogens (tertiary/aromatic N) is 3. The van der Waals surface area contributed by atoms with Gasteiger partial charge in [-0.2, -0.15) is 0 Å². The molecule has 2 amide bonds. The second-order valence-electron chi connectivity index (χ2n) is 9.06. The van der Waals surface area contributed by atoms with Gasteiger partial charge in [-0.3, -0.25) is 14.4 Å². The van der Waals surface area contributed by atoms with E-state index in [4.69, 9.17) is 9.72 Å². The van der Waals surface area contributed by atoms with Gasteiger partial charge >= 0.3 is 0 Å². The van der Waals surface area contributed by atoms with E-state index in [1.54, 1.807) is 7.11 Å². The third-order valence-corrected chi connectivity index (χ3v) is 7.01. The monoisotopic (exact) mass is 430 g/mol. The molecule has 8 heteroatoms. The van der Waals surface area contributed by atoms with Crippen molar-refractivity contribution >= 4 is 11.8 Å². The van der Waals surface area contributed by atoms with Gasteiger partial charge in [0.25, 0.3) is 5.56 Å². The first-order valence-electron chi connectivity index (χ1n) is 11.8. The molecule has 1 N–H and O–H groups in total. The third-order valence-electron chi connectivity index (χ3n) is 7.01. The van der Waals surface area contributed by atoms with Crippen LogP contribution in [0.4, 0.5) is 0 Å². The van der Waals surface area contributed by atoms with Gasteiger partial charge in [-0.15, -0.1) is 0 Å². The highest BCUT2D eigenvalue weighted by Gasteiger charge is 2.33. The molecule has 4 rings (SSSR count). The fourth-order valence-electron chi connectivity index (χ4n) is 5.25. The summed E-state index contributed by atoms with van der Waals surface area (Å²) in [6.45, 7) is 2.02. The number of likely N-dealkylation sites (tertiary alicyclic amines) is 1. The van der Waals surface area contributed by atoms with Crippen molar-refractivity contribution in [2.24, 2.45) is 5.92 Å². The van der Waals surface area contributed by atoms with Crippen LogP contribution in [-0.4, -0.2) is 58.4 Å². The number of nitrogens with one attached hydrogen (secondary N) is 1. The minimum absolute atomic E-state index is 0.0381. The molecule has 1 aromatic rings. The Morgan fingerprint density at radius 2 is 1.87 bits per heavy atom. The maximum atomic E-state index is 13.0. The first-order chi connectivity index (χ1) is 15.1. The van der Waals surface area contributed by atoms with Gasteiger partial charge in [-0.05, 0) is 32.1 Å². The zero-order chi connectivity index (χ0) is 21.8. The number of carbonyl (C=O) groups is 2. The van der Waals surface area contributed by atoms with Crippen LogP contribution in [0.2, 0.25) is 0 Å². The van der Waals surface area contributed by atoms with Crippen molar-refractivity contribution in [2.45, 2.75) is 76.8 Å². The smallest absolute Gasteiger partial charge is 0.256 e. The van der Waals surface area contributed by atoms with E-state index in [9.17, 15) is 14.4 Å². The molecule has 2 aliphatic heterocycles. The highest BCUT2D eigenvalue weighted by atomic mass is 16.5. The topological polar surface area (TPSA) is 95.6 Å². The average molecular weight is 431 g/mol. The first-order valence-corrected chi connectivity index (χ1v) is 11.8. The van der Waals surface area contributed by atoms with Crippen LogP contribution < -0.4 is 5.56 Å². The summed E-state index contributed by atoms with van der Waals surface area (Å²) < 4.78 is 5.06. The summed E-state index contributed by atoms with van der Waals surface area (Å²) in [5.74, 6) is 0.920. The molecule has 0 spiro atoms. The maximum absolute atomic E-state index is 13.0. The Balaban J connectivity index is 1.51. The molecule has 3 aliphatic rings. The normalized spacial score (nSPS) is 22.3. The van der Waals surface area contributed by atoms with E-state index >= 15 is 0 Å². The van der Waals surface area contributed by atoms with E-state index in [2.05, 4.69) is 4.98 Å². The third kappa shape index (κ3) is 4.84. The highest BCUT2D eigenvalue weighted by Crippen LogP contribution is 2.31. The van der Waals surface area contributed by atoms with Crippen LogP contribution in [0.1, 0.15) is 80.9 Å². The summed E-state index contributed by atoms with van der Waals surface area (Å²) in [6.07, 6.45) is 9.06. The SMILES string of the molecule is COCCC(=O)N1CCCC[C@H]1c1nc2c(c(=O)[nH]1)CN(C(=O)C1CCCCC1)CC2. The summed E-state index contributed by atoms with van der Waals surface area (Å²) in [5, 5.41) is 0. The molecule has 0 radical (unpaired) electrons. The van der Waals surface area contributed by atoms with Gasteiger partial charge < -0.3 is 19.5 Å². The van der Waals surface area contributed by atoms with Crippen molar-refractivity contribution in [3.05, 3.63) is 27.4 Å². The Morgan fingerprint density at radius 1 is 1.10 bits per heavy atom. The number of aromatic amines is 1. The fourth-order valence-corrected chi connectivity index (χ4v) is 5.25. The lowest BCUT2D eigenvalue weighted by molar-refractivity contribution is -0.138. The molecular weight excluding hydrogens is 396 g/mol.